The van der Waals surface area contributed by atoms with Gasteiger partial charge in [-0.05, 0) is 20.8 Å². The highest BCUT2D eigenvalue weighted by atomic mass is 16.5. The molecule has 1 rings (SSSR count). The minimum Gasteiger partial charge on any atom is -0.468 e. The van der Waals surface area contributed by atoms with Gasteiger partial charge in [0.05, 0.1) is 12.8 Å². The van der Waals surface area contributed by atoms with Crippen LogP contribution in [0.3, 0.4) is 0 Å². The lowest BCUT2D eigenvalue weighted by molar-refractivity contribution is -0.141. The molecular formula is C11H16N2O4. The van der Waals surface area contributed by atoms with Crippen LogP contribution in [0.4, 0.5) is 0 Å². The normalized spacial score (nSPS) is 10.1. The Kier molecular flexibility index (Phi) is 4.25. The Balaban J connectivity index is 2.90. The lowest BCUT2D eigenvalue weighted by atomic mass is 10.2. The second-order valence-corrected chi connectivity index (χ2v) is 3.59. The van der Waals surface area contributed by atoms with E-state index in [-0.39, 0.29) is 12.5 Å². The molecule has 0 fully saturated rings. The third-order valence-corrected chi connectivity index (χ3v) is 2.46. The summed E-state index contributed by atoms with van der Waals surface area (Å²) in [6.07, 6.45) is 0. The second kappa shape index (κ2) is 5.47. The zero-order chi connectivity index (χ0) is 13.0. The molecule has 0 aromatic carbocycles. The summed E-state index contributed by atoms with van der Waals surface area (Å²) in [6.45, 7) is 5.49. The third-order valence-electron chi connectivity index (χ3n) is 2.46. The Bertz CT molecular complexity index is 406. The van der Waals surface area contributed by atoms with Crippen molar-refractivity contribution in [2.24, 2.45) is 0 Å². The van der Waals surface area contributed by atoms with Gasteiger partial charge in [-0.15, -0.1) is 0 Å². The van der Waals surface area contributed by atoms with Crippen molar-refractivity contribution in [1.29, 1.82) is 0 Å². The largest absolute Gasteiger partial charge is 0.468 e. The molecule has 6 nitrogen and oxygen atoms in total. The molecule has 0 N–H and O–H groups in total. The summed E-state index contributed by atoms with van der Waals surface area (Å²) in [5, 5.41) is 3.71. The van der Waals surface area contributed by atoms with Gasteiger partial charge in [0.25, 0.3) is 5.91 Å². The molecule has 0 atom stereocenters. The number of aromatic nitrogens is 1. The maximum Gasteiger partial charge on any atom is 0.325 e. The van der Waals surface area contributed by atoms with Gasteiger partial charge in [-0.25, -0.2) is 0 Å². The van der Waals surface area contributed by atoms with Crippen LogP contribution < -0.4 is 0 Å². The Morgan fingerprint density at radius 1 is 1.41 bits per heavy atom. The van der Waals surface area contributed by atoms with Crippen LogP contribution in [0.2, 0.25) is 0 Å². The third kappa shape index (κ3) is 2.83. The molecule has 6 heteroatoms. The predicted molar refractivity (Wildman–Crippen MR) is 59.6 cm³/mol. The van der Waals surface area contributed by atoms with Gasteiger partial charge in [0.15, 0.2) is 0 Å². The van der Waals surface area contributed by atoms with Crippen LogP contribution in [-0.4, -0.2) is 42.1 Å². The fraction of sp³-hybridized carbons (Fsp3) is 0.545. The zero-order valence-electron chi connectivity index (χ0n) is 10.4. The summed E-state index contributed by atoms with van der Waals surface area (Å²) in [4.78, 5) is 24.7. The van der Waals surface area contributed by atoms with E-state index in [0.717, 1.165) is 0 Å². The Morgan fingerprint density at radius 3 is 2.47 bits per heavy atom. The molecule has 0 saturated carbocycles. The number of ether oxygens (including phenoxy) is 1. The molecule has 94 valence electrons. The van der Waals surface area contributed by atoms with Crippen molar-refractivity contribution >= 4 is 11.9 Å². The van der Waals surface area contributed by atoms with Gasteiger partial charge in [0.2, 0.25) is 0 Å². The smallest absolute Gasteiger partial charge is 0.325 e. The van der Waals surface area contributed by atoms with Gasteiger partial charge < -0.3 is 14.2 Å². The van der Waals surface area contributed by atoms with Crippen LogP contribution in [0.1, 0.15) is 28.7 Å². The van der Waals surface area contributed by atoms with Crippen molar-refractivity contribution in [2.45, 2.75) is 20.8 Å². The fourth-order valence-corrected chi connectivity index (χ4v) is 1.49. The number of carbonyl (C=O) groups is 2. The summed E-state index contributed by atoms with van der Waals surface area (Å²) < 4.78 is 9.47. The van der Waals surface area contributed by atoms with E-state index in [9.17, 15) is 9.59 Å². The Hall–Kier alpha value is -1.85. The molecule has 0 aliphatic heterocycles. The standard InChI is InChI=1S/C11H16N2O4/c1-5-13(6-9(14)16-4)11(15)10-7(2)12-17-8(10)3/h5-6H2,1-4H3. The monoisotopic (exact) mass is 240 g/mol. The lowest BCUT2D eigenvalue weighted by Gasteiger charge is -2.18. The number of methoxy groups -OCH3 is 1. The summed E-state index contributed by atoms with van der Waals surface area (Å²) in [5.41, 5.74) is 0.937. The summed E-state index contributed by atoms with van der Waals surface area (Å²) in [7, 11) is 1.29. The van der Waals surface area contributed by atoms with Gasteiger partial charge in [0.1, 0.15) is 17.9 Å². The number of likely N-dealkylation sites (N-methyl/N-ethyl adjacent to an activating group) is 1. The van der Waals surface area contributed by atoms with Gasteiger partial charge in [-0.3, -0.25) is 9.59 Å². The molecule has 0 bridgehead atoms. The number of carbonyl (C=O) groups excluding carboxylic acids is 2. The van der Waals surface area contributed by atoms with E-state index in [2.05, 4.69) is 9.89 Å². The minimum atomic E-state index is -0.452. The predicted octanol–water partition coefficient (Wildman–Crippen LogP) is 0.927. The number of amides is 1. The number of hydrogen-bond donors (Lipinski definition) is 0. The molecule has 17 heavy (non-hydrogen) atoms. The molecule has 0 aliphatic carbocycles. The molecule has 0 aliphatic rings. The number of esters is 1. The molecule has 0 unspecified atom stereocenters. The van der Waals surface area contributed by atoms with E-state index in [4.69, 9.17) is 4.52 Å². The average molecular weight is 240 g/mol. The number of nitrogens with zero attached hydrogens (tertiary/aromatic N) is 2. The van der Waals surface area contributed by atoms with Crippen molar-refractivity contribution in [1.82, 2.24) is 10.1 Å². The van der Waals surface area contributed by atoms with Crippen molar-refractivity contribution < 1.29 is 18.8 Å². The number of hydrogen-bond acceptors (Lipinski definition) is 5. The Labute approximate surface area is 99.5 Å². The first-order valence-corrected chi connectivity index (χ1v) is 5.30. The highest BCUT2D eigenvalue weighted by Crippen LogP contribution is 2.14. The van der Waals surface area contributed by atoms with E-state index in [1.807, 2.05) is 0 Å². The van der Waals surface area contributed by atoms with E-state index in [1.165, 1.54) is 12.0 Å². The first kappa shape index (κ1) is 13.2. The van der Waals surface area contributed by atoms with Crippen LogP contribution in [-0.2, 0) is 9.53 Å². The number of aryl methyl sites for hydroxylation is 2. The van der Waals surface area contributed by atoms with E-state index in [0.29, 0.717) is 23.6 Å². The fourth-order valence-electron chi connectivity index (χ4n) is 1.49. The summed E-state index contributed by atoms with van der Waals surface area (Å²) >= 11 is 0. The van der Waals surface area contributed by atoms with Crippen molar-refractivity contribution in [2.75, 3.05) is 20.2 Å². The zero-order valence-corrected chi connectivity index (χ0v) is 10.4. The van der Waals surface area contributed by atoms with Crippen LogP contribution in [0.5, 0.6) is 0 Å². The molecule has 1 aromatic heterocycles. The molecule has 1 heterocycles. The van der Waals surface area contributed by atoms with Crippen LogP contribution >= 0.6 is 0 Å². The first-order chi connectivity index (χ1) is 8.01. The average Bonchev–Trinajstić information content (AvgIpc) is 2.64. The van der Waals surface area contributed by atoms with Crippen molar-refractivity contribution in [3.05, 3.63) is 17.0 Å². The van der Waals surface area contributed by atoms with Gasteiger partial charge in [-0.1, -0.05) is 5.16 Å². The topological polar surface area (TPSA) is 72.6 Å². The van der Waals surface area contributed by atoms with Crippen LogP contribution in [0, 0.1) is 13.8 Å². The van der Waals surface area contributed by atoms with Crippen molar-refractivity contribution in [3.8, 4) is 0 Å². The molecule has 1 amide bonds. The maximum atomic E-state index is 12.1. The number of rotatable bonds is 4. The quantitative estimate of drug-likeness (QED) is 0.732. The molecule has 0 saturated heterocycles. The SMILES string of the molecule is CCN(CC(=O)OC)C(=O)c1c(C)noc1C. The molecule has 0 spiro atoms. The first-order valence-electron chi connectivity index (χ1n) is 5.30. The molecule has 0 radical (unpaired) electrons. The molecular weight excluding hydrogens is 224 g/mol. The summed E-state index contributed by atoms with van der Waals surface area (Å²) in [6, 6.07) is 0. The summed E-state index contributed by atoms with van der Waals surface area (Å²) in [5.74, 6) is -0.267. The van der Waals surface area contributed by atoms with Gasteiger partial charge in [0, 0.05) is 6.54 Å². The maximum absolute atomic E-state index is 12.1. The van der Waals surface area contributed by atoms with Crippen LogP contribution in [0.15, 0.2) is 4.52 Å². The highest BCUT2D eigenvalue weighted by molar-refractivity contribution is 5.97. The van der Waals surface area contributed by atoms with E-state index >= 15 is 0 Å². The van der Waals surface area contributed by atoms with Gasteiger partial charge in [-0.2, -0.15) is 0 Å². The van der Waals surface area contributed by atoms with Crippen LogP contribution in [0.25, 0.3) is 0 Å². The minimum absolute atomic E-state index is 0.0735. The Morgan fingerprint density at radius 2 is 2.06 bits per heavy atom. The highest BCUT2D eigenvalue weighted by Gasteiger charge is 2.24. The van der Waals surface area contributed by atoms with E-state index < -0.39 is 5.97 Å². The lowest BCUT2D eigenvalue weighted by Crippen LogP contribution is -2.36. The molecule has 1 aromatic rings. The van der Waals surface area contributed by atoms with Gasteiger partial charge >= 0.3 is 5.97 Å². The van der Waals surface area contributed by atoms with E-state index in [1.54, 1.807) is 20.8 Å². The second-order valence-electron chi connectivity index (χ2n) is 3.59. The van der Waals surface area contributed by atoms with Crippen molar-refractivity contribution in [3.63, 3.8) is 0 Å².